The highest BCUT2D eigenvalue weighted by Gasteiger charge is 2.70. The molecule has 146 valence electrons. The number of Topliss-reactive ketones (excluding diaryl/α,β-unsaturated/α-hetero) is 1. The molecule has 4 fully saturated rings. The summed E-state index contributed by atoms with van der Waals surface area (Å²) in [7, 11) is 1.58. The van der Waals surface area contributed by atoms with Gasteiger partial charge in [0.05, 0.1) is 31.2 Å². The van der Waals surface area contributed by atoms with Crippen molar-refractivity contribution in [1.82, 2.24) is 0 Å². The molecule has 7 atom stereocenters. The summed E-state index contributed by atoms with van der Waals surface area (Å²) in [4.78, 5) is 36.2. The second-order valence-corrected chi connectivity index (χ2v) is 7.75. The van der Waals surface area contributed by atoms with Crippen molar-refractivity contribution in [3.63, 3.8) is 0 Å². The number of fused-ring (bicyclic) bond motifs is 2. The summed E-state index contributed by atoms with van der Waals surface area (Å²) < 4.78 is 16.2. The number of hydrogen-bond acceptors (Lipinski definition) is 6. The maximum atomic E-state index is 12.5. The molecule has 0 aliphatic heterocycles. The van der Waals surface area contributed by atoms with E-state index in [0.29, 0.717) is 26.1 Å². The Hall–Kier alpha value is -1.51. The predicted octanol–water partition coefficient (Wildman–Crippen LogP) is 1.03. The molecular weight excluding hydrogens is 344 g/mol. The molecule has 0 heterocycles. The number of carboxylic acid groups (broad SMARTS) is 2. The van der Waals surface area contributed by atoms with Crippen molar-refractivity contribution in [2.75, 3.05) is 27.1 Å². The van der Waals surface area contributed by atoms with Gasteiger partial charge in [-0.2, -0.15) is 0 Å². The quantitative estimate of drug-likeness (QED) is 0.480. The van der Waals surface area contributed by atoms with Crippen LogP contribution in [-0.2, 0) is 28.6 Å². The Kier molecular flexibility index (Phi) is 5.37. The van der Waals surface area contributed by atoms with Gasteiger partial charge in [0.2, 0.25) is 0 Å². The molecule has 7 unspecified atom stereocenters. The first-order valence-corrected chi connectivity index (χ1v) is 9.00. The van der Waals surface area contributed by atoms with Crippen molar-refractivity contribution in [1.29, 1.82) is 0 Å². The number of carbonyl (C=O) groups is 3. The first kappa shape index (κ1) is 19.3. The molecule has 0 aromatic rings. The summed E-state index contributed by atoms with van der Waals surface area (Å²) >= 11 is 0. The smallest absolute Gasteiger partial charge is 0.308 e. The number of methoxy groups -OCH3 is 1. The number of rotatable bonds is 8. The molecule has 4 rings (SSSR count). The van der Waals surface area contributed by atoms with E-state index in [1.54, 1.807) is 7.11 Å². The van der Waals surface area contributed by atoms with E-state index in [9.17, 15) is 24.6 Å². The Morgan fingerprint density at radius 1 is 1.12 bits per heavy atom. The van der Waals surface area contributed by atoms with Gasteiger partial charge in [-0.25, -0.2) is 0 Å². The molecule has 8 heteroatoms. The van der Waals surface area contributed by atoms with Gasteiger partial charge in [-0.05, 0) is 24.7 Å². The number of hydrogen-bond donors (Lipinski definition) is 2. The molecule has 26 heavy (non-hydrogen) atoms. The molecule has 2 N–H and O–H groups in total. The number of ketones is 1. The highest BCUT2D eigenvalue weighted by atomic mass is 16.7. The van der Waals surface area contributed by atoms with E-state index in [1.807, 2.05) is 6.92 Å². The average Bonchev–Trinajstić information content (AvgIpc) is 2.92. The third-order valence-electron chi connectivity index (χ3n) is 6.82. The van der Waals surface area contributed by atoms with Gasteiger partial charge in [0, 0.05) is 24.9 Å². The van der Waals surface area contributed by atoms with Crippen LogP contribution in [0.4, 0.5) is 0 Å². The van der Waals surface area contributed by atoms with Crippen LogP contribution >= 0.6 is 0 Å². The molecule has 0 spiro atoms. The van der Waals surface area contributed by atoms with Crippen molar-refractivity contribution in [2.45, 2.75) is 32.3 Å². The van der Waals surface area contributed by atoms with Crippen LogP contribution in [0.5, 0.6) is 0 Å². The van der Waals surface area contributed by atoms with Crippen molar-refractivity contribution < 1.29 is 38.8 Å². The number of carbonyl (C=O) groups excluding carboxylic acids is 1. The summed E-state index contributed by atoms with van der Waals surface area (Å²) in [5, 5.41) is 19.3. The van der Waals surface area contributed by atoms with E-state index in [4.69, 9.17) is 14.2 Å². The highest BCUT2D eigenvalue weighted by molar-refractivity contribution is 5.93. The second-order valence-electron chi connectivity index (χ2n) is 7.75. The Bertz CT molecular complexity index is 590. The third-order valence-corrected chi connectivity index (χ3v) is 6.82. The van der Waals surface area contributed by atoms with E-state index < -0.39 is 41.0 Å². The van der Waals surface area contributed by atoms with E-state index in [0.717, 1.165) is 0 Å². The molecule has 0 aromatic heterocycles. The standard InChI is InChI=1S/C18H26O8/c1-18-9(3-4-12(18)26-8-25-6-5-24-2)13-11(19)7-10(18)14(16(20)21)15(13)17(22)23/h9-10,12-15H,3-8H2,1-2H3,(H,20,21)(H,22,23). The van der Waals surface area contributed by atoms with Gasteiger partial charge in [0.1, 0.15) is 12.6 Å². The van der Waals surface area contributed by atoms with Gasteiger partial charge in [-0.15, -0.1) is 0 Å². The fraction of sp³-hybridized carbons (Fsp3) is 0.833. The lowest BCUT2D eigenvalue weighted by molar-refractivity contribution is -0.206. The van der Waals surface area contributed by atoms with Crippen molar-refractivity contribution in [3.05, 3.63) is 0 Å². The normalized spacial score (nSPS) is 41.2. The van der Waals surface area contributed by atoms with Gasteiger partial charge in [-0.3, -0.25) is 14.4 Å². The maximum Gasteiger partial charge on any atom is 0.308 e. The molecule has 2 bridgehead atoms. The Morgan fingerprint density at radius 2 is 1.81 bits per heavy atom. The zero-order valence-electron chi connectivity index (χ0n) is 15.1. The maximum absolute atomic E-state index is 12.5. The lowest BCUT2D eigenvalue weighted by atomic mass is 9.44. The largest absolute Gasteiger partial charge is 0.481 e. The fourth-order valence-corrected chi connectivity index (χ4v) is 5.73. The molecule has 0 saturated heterocycles. The molecule has 8 nitrogen and oxygen atoms in total. The molecule has 0 radical (unpaired) electrons. The number of aliphatic carboxylic acids is 2. The molecule has 0 aromatic carbocycles. The Labute approximate surface area is 151 Å². The van der Waals surface area contributed by atoms with Crippen LogP contribution in [0.3, 0.4) is 0 Å². The highest BCUT2D eigenvalue weighted by Crippen LogP contribution is 2.66. The van der Waals surface area contributed by atoms with Gasteiger partial charge in [0.15, 0.2) is 0 Å². The molecular formula is C18H26O8. The van der Waals surface area contributed by atoms with Gasteiger partial charge in [0.25, 0.3) is 0 Å². The number of carboxylic acids is 2. The van der Waals surface area contributed by atoms with Crippen LogP contribution in [0.2, 0.25) is 0 Å². The fourth-order valence-electron chi connectivity index (χ4n) is 5.73. The van der Waals surface area contributed by atoms with Crippen molar-refractivity contribution >= 4 is 17.7 Å². The monoisotopic (exact) mass is 370 g/mol. The molecule has 0 amide bonds. The zero-order valence-corrected chi connectivity index (χ0v) is 15.1. The van der Waals surface area contributed by atoms with Crippen LogP contribution in [0.25, 0.3) is 0 Å². The van der Waals surface area contributed by atoms with Crippen molar-refractivity contribution in [3.8, 4) is 0 Å². The summed E-state index contributed by atoms with van der Waals surface area (Å²) in [5.74, 6) is -6.07. The molecule has 4 aliphatic rings. The van der Waals surface area contributed by atoms with E-state index in [1.165, 1.54) is 0 Å². The van der Waals surface area contributed by atoms with E-state index in [2.05, 4.69) is 0 Å². The minimum Gasteiger partial charge on any atom is -0.481 e. The summed E-state index contributed by atoms with van der Waals surface area (Å²) in [5.41, 5.74) is -0.530. The second kappa shape index (κ2) is 7.25. The zero-order chi connectivity index (χ0) is 19.1. The van der Waals surface area contributed by atoms with Gasteiger partial charge >= 0.3 is 11.9 Å². The average molecular weight is 370 g/mol. The van der Waals surface area contributed by atoms with Gasteiger partial charge < -0.3 is 24.4 Å². The summed E-state index contributed by atoms with van der Waals surface area (Å²) in [6.45, 7) is 2.88. The minimum atomic E-state index is -1.19. The first-order chi connectivity index (χ1) is 12.3. The minimum absolute atomic E-state index is 0.0712. The van der Waals surface area contributed by atoms with Crippen molar-refractivity contribution in [2.24, 2.45) is 35.0 Å². The van der Waals surface area contributed by atoms with Gasteiger partial charge in [-0.1, -0.05) is 6.92 Å². The molecule has 4 saturated carbocycles. The summed E-state index contributed by atoms with van der Waals surface area (Å²) in [6.07, 6.45) is 1.21. The SMILES string of the molecule is COCCOCOC1CCC2C3C(=O)CC(C(C(=O)O)C3C(=O)O)C12C. The lowest BCUT2D eigenvalue weighted by Crippen LogP contribution is -2.64. The van der Waals surface area contributed by atoms with Crippen LogP contribution in [-0.4, -0.2) is 61.2 Å². The van der Waals surface area contributed by atoms with Crippen LogP contribution < -0.4 is 0 Å². The lowest BCUT2D eigenvalue weighted by Gasteiger charge is -2.58. The van der Waals surface area contributed by atoms with E-state index >= 15 is 0 Å². The first-order valence-electron chi connectivity index (χ1n) is 9.00. The third kappa shape index (κ3) is 2.84. The van der Waals surface area contributed by atoms with Crippen LogP contribution in [0, 0.1) is 35.0 Å². The topological polar surface area (TPSA) is 119 Å². The Balaban J connectivity index is 1.83. The van der Waals surface area contributed by atoms with Crippen LogP contribution in [0.1, 0.15) is 26.2 Å². The predicted molar refractivity (Wildman–Crippen MR) is 87.3 cm³/mol. The summed E-state index contributed by atoms with van der Waals surface area (Å²) in [6, 6.07) is 0. The number of ether oxygens (including phenoxy) is 3. The molecule has 4 aliphatic carbocycles. The Morgan fingerprint density at radius 3 is 2.42 bits per heavy atom. The van der Waals surface area contributed by atoms with Crippen LogP contribution in [0.15, 0.2) is 0 Å². The van der Waals surface area contributed by atoms with E-state index in [-0.39, 0.29) is 31.0 Å².